The average Bonchev–Trinajstić information content (AvgIpc) is 2.50. The van der Waals surface area contributed by atoms with E-state index in [0.29, 0.717) is 5.56 Å². The first-order chi connectivity index (χ1) is 6.81. The molecule has 2 rings (SSSR count). The number of hydrogen-bond acceptors (Lipinski definition) is 2. The summed E-state index contributed by atoms with van der Waals surface area (Å²) in [5, 5.41) is 12.7. The van der Waals surface area contributed by atoms with Crippen LogP contribution >= 0.6 is 0 Å². The highest BCUT2D eigenvalue weighted by Gasteiger charge is 2.79. The molecule has 0 aliphatic heterocycles. The van der Waals surface area contributed by atoms with Gasteiger partial charge in [0.15, 0.2) is 5.41 Å². The Kier molecular flexibility index (Phi) is 1.72. The van der Waals surface area contributed by atoms with E-state index in [1.807, 2.05) is 0 Å². The van der Waals surface area contributed by atoms with Crippen LogP contribution in [0.25, 0.3) is 0 Å². The quantitative estimate of drug-likeness (QED) is 0.805. The van der Waals surface area contributed by atoms with Crippen molar-refractivity contribution in [1.29, 1.82) is 0 Å². The van der Waals surface area contributed by atoms with E-state index in [1.165, 1.54) is 10.9 Å². The molecule has 1 aromatic rings. The summed E-state index contributed by atoms with van der Waals surface area (Å²) in [7, 11) is 1.58. The summed E-state index contributed by atoms with van der Waals surface area (Å²) < 4.78 is 27.6. The van der Waals surface area contributed by atoms with Gasteiger partial charge < -0.3 is 5.11 Å². The van der Waals surface area contributed by atoms with Gasteiger partial charge in [0.1, 0.15) is 0 Å². The predicted molar refractivity (Wildman–Crippen MR) is 46.8 cm³/mol. The number of carboxylic acid groups (broad SMARTS) is 1. The maximum Gasteiger partial charge on any atom is 0.322 e. The van der Waals surface area contributed by atoms with Gasteiger partial charge in [-0.15, -0.1) is 0 Å². The maximum absolute atomic E-state index is 13.1. The van der Waals surface area contributed by atoms with Crippen LogP contribution in [0.2, 0.25) is 0 Å². The first kappa shape index (κ1) is 10.1. The lowest BCUT2D eigenvalue weighted by Crippen LogP contribution is -2.28. The molecule has 1 heterocycles. The van der Waals surface area contributed by atoms with E-state index in [2.05, 4.69) is 5.10 Å². The zero-order valence-corrected chi connectivity index (χ0v) is 8.29. The molecular weight excluding hydrogens is 206 g/mol. The number of halogens is 2. The summed E-state index contributed by atoms with van der Waals surface area (Å²) in [5.41, 5.74) is -1.64. The van der Waals surface area contributed by atoms with Gasteiger partial charge in [0.05, 0.1) is 5.69 Å². The van der Waals surface area contributed by atoms with Crippen molar-refractivity contribution in [2.45, 2.75) is 24.7 Å². The third-order valence-electron chi connectivity index (χ3n) is 2.77. The predicted octanol–water partition coefficient (Wildman–Crippen LogP) is 1.09. The van der Waals surface area contributed by atoms with Gasteiger partial charge in [-0.05, 0) is 12.5 Å². The monoisotopic (exact) mass is 216 g/mol. The highest BCUT2D eigenvalue weighted by molar-refractivity contribution is 5.87. The first-order valence-corrected chi connectivity index (χ1v) is 4.43. The molecule has 1 unspecified atom stereocenters. The third kappa shape index (κ3) is 1.10. The van der Waals surface area contributed by atoms with Gasteiger partial charge in [-0.1, -0.05) is 0 Å². The van der Waals surface area contributed by atoms with Crippen molar-refractivity contribution < 1.29 is 18.7 Å². The standard InChI is InChI=1S/C9H10F2N2O2/c1-5-3-13(2)12-6(5)8(7(14)15)4-9(8,10)11/h3H,4H2,1-2H3,(H,14,15). The minimum Gasteiger partial charge on any atom is -0.480 e. The molecule has 1 N–H and O–H groups in total. The Morgan fingerprint density at radius 2 is 2.20 bits per heavy atom. The van der Waals surface area contributed by atoms with E-state index in [4.69, 9.17) is 5.11 Å². The van der Waals surface area contributed by atoms with E-state index in [0.717, 1.165) is 0 Å². The Bertz CT molecular complexity index is 441. The molecule has 15 heavy (non-hydrogen) atoms. The molecule has 0 bridgehead atoms. The van der Waals surface area contributed by atoms with Gasteiger partial charge in [-0.25, -0.2) is 8.78 Å². The lowest BCUT2D eigenvalue weighted by molar-refractivity contribution is -0.143. The Labute approximate surface area is 84.5 Å². The number of aryl methyl sites for hydroxylation is 2. The molecule has 0 saturated heterocycles. The molecule has 0 aromatic carbocycles. The zero-order chi connectivity index (χ0) is 11.4. The van der Waals surface area contributed by atoms with Crippen LogP contribution in [0, 0.1) is 6.92 Å². The number of nitrogens with zero attached hydrogens (tertiary/aromatic N) is 2. The van der Waals surface area contributed by atoms with Crippen molar-refractivity contribution in [3.05, 3.63) is 17.5 Å². The fourth-order valence-electron chi connectivity index (χ4n) is 1.91. The second-order valence-corrected chi connectivity index (χ2v) is 3.93. The number of carbonyl (C=O) groups is 1. The van der Waals surface area contributed by atoms with Crippen LogP contribution in [0.4, 0.5) is 8.78 Å². The molecule has 1 aliphatic carbocycles. The van der Waals surface area contributed by atoms with Gasteiger partial charge in [-0.3, -0.25) is 9.48 Å². The molecule has 1 aromatic heterocycles. The number of rotatable bonds is 2. The van der Waals surface area contributed by atoms with Gasteiger partial charge in [0.25, 0.3) is 5.92 Å². The molecular formula is C9H10F2N2O2. The summed E-state index contributed by atoms with van der Waals surface area (Å²) in [5.74, 6) is -4.69. The van der Waals surface area contributed by atoms with Crippen LogP contribution in [-0.4, -0.2) is 26.8 Å². The molecule has 82 valence electrons. The van der Waals surface area contributed by atoms with E-state index in [-0.39, 0.29) is 5.69 Å². The second-order valence-electron chi connectivity index (χ2n) is 3.93. The van der Waals surface area contributed by atoms with Crippen LogP contribution in [-0.2, 0) is 17.3 Å². The highest BCUT2D eigenvalue weighted by Crippen LogP contribution is 2.61. The summed E-state index contributed by atoms with van der Waals surface area (Å²) in [6.07, 6.45) is 0.877. The SMILES string of the molecule is Cc1cn(C)nc1C1(C(=O)O)CC1(F)F. The molecule has 0 amide bonds. The number of carboxylic acids is 1. The Morgan fingerprint density at radius 1 is 1.67 bits per heavy atom. The van der Waals surface area contributed by atoms with Crippen LogP contribution in [0.3, 0.4) is 0 Å². The van der Waals surface area contributed by atoms with Gasteiger partial charge in [0.2, 0.25) is 0 Å². The Morgan fingerprint density at radius 3 is 2.47 bits per heavy atom. The fourth-order valence-corrected chi connectivity index (χ4v) is 1.91. The topological polar surface area (TPSA) is 55.1 Å². The molecule has 1 saturated carbocycles. The van der Waals surface area contributed by atoms with Gasteiger partial charge in [0, 0.05) is 19.7 Å². The van der Waals surface area contributed by atoms with Crippen molar-refractivity contribution in [1.82, 2.24) is 9.78 Å². The molecule has 6 heteroatoms. The summed E-state index contributed by atoms with van der Waals surface area (Å²) >= 11 is 0. The van der Waals surface area contributed by atoms with Crippen LogP contribution in [0.1, 0.15) is 17.7 Å². The van der Waals surface area contributed by atoms with E-state index in [1.54, 1.807) is 14.0 Å². The molecule has 1 atom stereocenters. The molecule has 0 radical (unpaired) electrons. The van der Waals surface area contributed by atoms with Crippen molar-refractivity contribution in [2.24, 2.45) is 7.05 Å². The van der Waals surface area contributed by atoms with E-state index in [9.17, 15) is 13.6 Å². The van der Waals surface area contributed by atoms with Crippen molar-refractivity contribution >= 4 is 5.97 Å². The Hall–Kier alpha value is -1.46. The van der Waals surface area contributed by atoms with Crippen molar-refractivity contribution in [3.8, 4) is 0 Å². The Balaban J connectivity index is 2.54. The van der Waals surface area contributed by atoms with Crippen molar-refractivity contribution in [2.75, 3.05) is 0 Å². The number of hydrogen-bond donors (Lipinski definition) is 1. The fraction of sp³-hybridized carbons (Fsp3) is 0.556. The summed E-state index contributed by atoms with van der Waals surface area (Å²) in [6.45, 7) is 1.58. The third-order valence-corrected chi connectivity index (χ3v) is 2.77. The second kappa shape index (κ2) is 2.56. The number of alkyl halides is 2. The lowest BCUT2D eigenvalue weighted by atomic mass is 9.99. The lowest BCUT2D eigenvalue weighted by Gasteiger charge is -2.08. The normalized spacial score (nSPS) is 27.7. The van der Waals surface area contributed by atoms with E-state index < -0.39 is 23.7 Å². The number of aromatic nitrogens is 2. The number of aliphatic carboxylic acids is 1. The highest BCUT2D eigenvalue weighted by atomic mass is 19.3. The summed E-state index contributed by atoms with van der Waals surface area (Å²) in [4.78, 5) is 10.9. The zero-order valence-electron chi connectivity index (χ0n) is 8.29. The van der Waals surface area contributed by atoms with E-state index >= 15 is 0 Å². The molecule has 1 fully saturated rings. The van der Waals surface area contributed by atoms with Gasteiger partial charge in [-0.2, -0.15) is 5.10 Å². The minimum absolute atomic E-state index is 0.0255. The van der Waals surface area contributed by atoms with Crippen LogP contribution in [0.15, 0.2) is 6.20 Å². The minimum atomic E-state index is -3.18. The summed E-state index contributed by atoms with van der Waals surface area (Å²) in [6, 6.07) is 0. The van der Waals surface area contributed by atoms with Gasteiger partial charge >= 0.3 is 5.97 Å². The average molecular weight is 216 g/mol. The largest absolute Gasteiger partial charge is 0.480 e. The van der Waals surface area contributed by atoms with Crippen LogP contribution in [0.5, 0.6) is 0 Å². The van der Waals surface area contributed by atoms with Crippen LogP contribution < -0.4 is 0 Å². The smallest absolute Gasteiger partial charge is 0.322 e. The molecule has 0 spiro atoms. The maximum atomic E-state index is 13.1. The molecule has 4 nitrogen and oxygen atoms in total. The first-order valence-electron chi connectivity index (χ1n) is 4.43. The molecule has 1 aliphatic rings. The van der Waals surface area contributed by atoms with Crippen molar-refractivity contribution in [3.63, 3.8) is 0 Å².